The van der Waals surface area contributed by atoms with Crippen molar-refractivity contribution in [3.63, 3.8) is 0 Å². The number of piperidine rings is 1. The van der Waals surface area contributed by atoms with Gasteiger partial charge in [0.25, 0.3) is 0 Å². The third kappa shape index (κ3) is 5.25. The van der Waals surface area contributed by atoms with Crippen molar-refractivity contribution in [2.75, 3.05) is 31.6 Å². The van der Waals surface area contributed by atoms with Gasteiger partial charge in [-0.3, -0.25) is 14.5 Å². The van der Waals surface area contributed by atoms with E-state index in [1.807, 2.05) is 41.5 Å². The number of thiophene rings is 1. The van der Waals surface area contributed by atoms with Crippen molar-refractivity contribution in [1.29, 1.82) is 0 Å². The van der Waals surface area contributed by atoms with Gasteiger partial charge in [0.2, 0.25) is 11.8 Å². The van der Waals surface area contributed by atoms with Crippen LogP contribution in [0.25, 0.3) is 11.1 Å². The molecule has 2 amide bonds. The summed E-state index contributed by atoms with van der Waals surface area (Å²) in [5.74, 6) is -1.04. The van der Waals surface area contributed by atoms with Gasteiger partial charge in [-0.15, -0.1) is 11.3 Å². The maximum Gasteiger partial charge on any atom is 0.341 e. The maximum absolute atomic E-state index is 12.6. The number of nitrogens with zero attached hydrogens (tertiary/aromatic N) is 1. The molecule has 8 heteroatoms. The van der Waals surface area contributed by atoms with Gasteiger partial charge in [-0.25, -0.2) is 4.79 Å². The minimum Gasteiger partial charge on any atom is -0.462 e. The molecule has 1 aliphatic heterocycles. The maximum atomic E-state index is 12.6. The molecule has 0 aliphatic carbocycles. The van der Waals surface area contributed by atoms with Crippen LogP contribution in [0.2, 0.25) is 0 Å². The third-order valence-corrected chi connectivity index (χ3v) is 6.14. The molecule has 0 unspecified atom stereocenters. The van der Waals surface area contributed by atoms with Crippen LogP contribution in [-0.2, 0) is 14.3 Å². The number of carbonyl (C=O) groups is 3. The van der Waals surface area contributed by atoms with Crippen LogP contribution >= 0.6 is 11.3 Å². The summed E-state index contributed by atoms with van der Waals surface area (Å²) in [6.07, 6.45) is 1.32. The summed E-state index contributed by atoms with van der Waals surface area (Å²) in [5, 5.41) is 5.23. The molecule has 30 heavy (non-hydrogen) atoms. The van der Waals surface area contributed by atoms with Gasteiger partial charge in [-0.05, 0) is 45.3 Å². The Labute approximate surface area is 180 Å². The van der Waals surface area contributed by atoms with Gasteiger partial charge in [0, 0.05) is 16.9 Å². The Hall–Kier alpha value is -2.71. The zero-order chi connectivity index (χ0) is 21.7. The average Bonchev–Trinajstić information content (AvgIpc) is 3.12. The summed E-state index contributed by atoms with van der Waals surface area (Å²) in [5.41, 5.74) is 8.51. The molecular weight excluding hydrogens is 402 g/mol. The van der Waals surface area contributed by atoms with E-state index in [-0.39, 0.29) is 30.9 Å². The number of esters is 1. The van der Waals surface area contributed by atoms with Crippen LogP contribution in [0.15, 0.2) is 29.6 Å². The largest absolute Gasteiger partial charge is 0.462 e. The number of carbonyl (C=O) groups excluding carboxylic acids is 3. The fraction of sp³-hybridized carbons (Fsp3) is 0.409. The number of anilines is 1. The van der Waals surface area contributed by atoms with Gasteiger partial charge in [-0.2, -0.15) is 0 Å². The first-order valence-electron chi connectivity index (χ1n) is 10.1. The molecule has 1 aromatic heterocycles. The zero-order valence-electron chi connectivity index (χ0n) is 17.3. The third-order valence-electron chi connectivity index (χ3n) is 5.24. The molecule has 1 aliphatic rings. The number of aryl methyl sites for hydroxylation is 1. The van der Waals surface area contributed by atoms with Crippen LogP contribution in [0.5, 0.6) is 0 Å². The lowest BCUT2D eigenvalue weighted by Crippen LogP contribution is -2.42. The first-order chi connectivity index (χ1) is 14.4. The molecule has 0 saturated carbocycles. The van der Waals surface area contributed by atoms with E-state index in [9.17, 15) is 14.4 Å². The van der Waals surface area contributed by atoms with Crippen molar-refractivity contribution in [3.8, 4) is 11.1 Å². The van der Waals surface area contributed by atoms with E-state index in [1.54, 1.807) is 6.92 Å². The Kier molecular flexibility index (Phi) is 7.23. The predicted molar refractivity (Wildman–Crippen MR) is 117 cm³/mol. The molecule has 0 atom stereocenters. The molecule has 0 radical (unpaired) electrons. The van der Waals surface area contributed by atoms with Crippen LogP contribution < -0.4 is 11.1 Å². The lowest BCUT2D eigenvalue weighted by Gasteiger charge is -2.29. The molecule has 1 aromatic carbocycles. The van der Waals surface area contributed by atoms with Gasteiger partial charge >= 0.3 is 5.97 Å². The Balaban J connectivity index is 1.73. The second-order valence-corrected chi connectivity index (χ2v) is 8.32. The SMILES string of the molecule is CCOC(=O)c1c(-c2ccc(C)cc2)csc1NC(=O)CN1CCC(C(N)=O)CC1. The van der Waals surface area contributed by atoms with Gasteiger partial charge < -0.3 is 15.8 Å². The van der Waals surface area contributed by atoms with Crippen LogP contribution in [0.3, 0.4) is 0 Å². The number of nitrogens with one attached hydrogen (secondary N) is 1. The number of benzene rings is 1. The fourth-order valence-corrected chi connectivity index (χ4v) is 4.52. The molecule has 160 valence electrons. The number of hydrogen-bond donors (Lipinski definition) is 2. The minimum atomic E-state index is -0.452. The summed E-state index contributed by atoms with van der Waals surface area (Å²) in [7, 11) is 0. The fourth-order valence-electron chi connectivity index (χ4n) is 3.55. The standard InChI is InChI=1S/C22H27N3O4S/c1-3-29-22(28)19-17(15-6-4-14(2)5-7-15)13-30-21(19)24-18(26)12-25-10-8-16(9-11-25)20(23)27/h4-7,13,16H,3,8-12H2,1-2H3,(H2,23,27)(H,24,26). The average molecular weight is 430 g/mol. The normalized spacial score (nSPS) is 15.0. The Morgan fingerprint density at radius 1 is 1.20 bits per heavy atom. The monoisotopic (exact) mass is 429 g/mol. The van der Waals surface area contributed by atoms with Gasteiger partial charge in [0.05, 0.1) is 13.2 Å². The summed E-state index contributed by atoms with van der Waals surface area (Å²) >= 11 is 1.31. The Morgan fingerprint density at radius 2 is 1.87 bits per heavy atom. The molecule has 2 heterocycles. The lowest BCUT2D eigenvalue weighted by atomic mass is 9.96. The van der Waals surface area contributed by atoms with E-state index in [1.165, 1.54) is 11.3 Å². The number of ether oxygens (including phenoxy) is 1. The van der Waals surface area contributed by atoms with Crippen molar-refractivity contribution < 1.29 is 19.1 Å². The lowest BCUT2D eigenvalue weighted by molar-refractivity contribution is -0.123. The van der Waals surface area contributed by atoms with Gasteiger partial charge in [-0.1, -0.05) is 29.8 Å². The van der Waals surface area contributed by atoms with E-state index in [0.29, 0.717) is 36.5 Å². The smallest absolute Gasteiger partial charge is 0.341 e. The first-order valence-corrected chi connectivity index (χ1v) is 10.9. The van der Waals surface area contributed by atoms with E-state index in [4.69, 9.17) is 10.5 Å². The van der Waals surface area contributed by atoms with Crippen molar-refractivity contribution in [3.05, 3.63) is 40.8 Å². The number of primary amides is 1. The highest BCUT2D eigenvalue weighted by atomic mass is 32.1. The molecule has 0 spiro atoms. The molecule has 3 N–H and O–H groups in total. The summed E-state index contributed by atoms with van der Waals surface area (Å²) in [6, 6.07) is 7.87. The number of likely N-dealkylation sites (tertiary alicyclic amines) is 1. The predicted octanol–water partition coefficient (Wildman–Crippen LogP) is 3.04. The van der Waals surface area contributed by atoms with Crippen LogP contribution in [0.4, 0.5) is 5.00 Å². The Morgan fingerprint density at radius 3 is 2.47 bits per heavy atom. The highest BCUT2D eigenvalue weighted by Crippen LogP contribution is 2.36. The molecule has 1 fully saturated rings. The number of rotatable bonds is 7. The van der Waals surface area contributed by atoms with Crippen molar-refractivity contribution in [2.45, 2.75) is 26.7 Å². The molecule has 0 bridgehead atoms. The second kappa shape index (κ2) is 9.86. The number of amides is 2. The highest BCUT2D eigenvalue weighted by Gasteiger charge is 2.26. The van der Waals surface area contributed by atoms with E-state index >= 15 is 0 Å². The summed E-state index contributed by atoms with van der Waals surface area (Å²) < 4.78 is 5.24. The summed E-state index contributed by atoms with van der Waals surface area (Å²) in [6.45, 7) is 5.50. The molecular formula is C22H27N3O4S. The minimum absolute atomic E-state index is 0.117. The van der Waals surface area contributed by atoms with Crippen LogP contribution in [0.1, 0.15) is 35.7 Å². The zero-order valence-corrected chi connectivity index (χ0v) is 18.1. The van der Waals surface area contributed by atoms with Crippen LogP contribution in [-0.4, -0.2) is 48.9 Å². The van der Waals surface area contributed by atoms with Gasteiger partial charge in [0.1, 0.15) is 10.6 Å². The highest BCUT2D eigenvalue weighted by molar-refractivity contribution is 7.15. The quantitative estimate of drug-likeness (QED) is 0.659. The molecule has 2 aromatic rings. The van der Waals surface area contributed by atoms with E-state index in [0.717, 1.165) is 16.7 Å². The van der Waals surface area contributed by atoms with E-state index in [2.05, 4.69) is 5.32 Å². The second-order valence-electron chi connectivity index (χ2n) is 7.44. The van der Waals surface area contributed by atoms with E-state index < -0.39 is 5.97 Å². The Bertz CT molecular complexity index is 915. The van der Waals surface area contributed by atoms with Crippen molar-refractivity contribution >= 4 is 34.1 Å². The first kappa shape index (κ1) is 22.0. The van der Waals surface area contributed by atoms with Gasteiger partial charge in [0.15, 0.2) is 0 Å². The van der Waals surface area contributed by atoms with Crippen molar-refractivity contribution in [2.24, 2.45) is 11.7 Å². The number of hydrogen-bond acceptors (Lipinski definition) is 6. The number of nitrogens with two attached hydrogens (primary N) is 1. The molecule has 1 saturated heterocycles. The molecule has 3 rings (SSSR count). The molecule has 7 nitrogen and oxygen atoms in total. The topological polar surface area (TPSA) is 102 Å². The summed E-state index contributed by atoms with van der Waals surface area (Å²) in [4.78, 5) is 38.6. The van der Waals surface area contributed by atoms with Crippen LogP contribution in [0, 0.1) is 12.8 Å². The van der Waals surface area contributed by atoms with Crippen molar-refractivity contribution in [1.82, 2.24) is 4.90 Å².